The van der Waals surface area contributed by atoms with Gasteiger partial charge in [-0.25, -0.2) is 4.79 Å². The fourth-order valence-corrected chi connectivity index (χ4v) is 2.37. The molecule has 1 aromatic carbocycles. The van der Waals surface area contributed by atoms with Crippen molar-refractivity contribution < 1.29 is 19.1 Å². The molecule has 6 heteroatoms. The van der Waals surface area contributed by atoms with E-state index in [2.05, 4.69) is 11.4 Å². The SMILES string of the molecule is COc1cc(C(=O)OCC(=O)N[C@@](C)(C#N)C2CC2)ccc1C. The molecule has 0 bridgehead atoms. The minimum Gasteiger partial charge on any atom is -0.496 e. The normalized spacial score (nSPS) is 15.9. The number of carbonyl (C=O) groups excluding carboxylic acids is 2. The Morgan fingerprint density at radius 1 is 1.43 bits per heavy atom. The highest BCUT2D eigenvalue weighted by atomic mass is 16.5. The van der Waals surface area contributed by atoms with Gasteiger partial charge in [-0.3, -0.25) is 4.79 Å². The topological polar surface area (TPSA) is 88.4 Å². The van der Waals surface area contributed by atoms with E-state index in [4.69, 9.17) is 9.47 Å². The number of methoxy groups -OCH3 is 1. The third-order valence-electron chi connectivity index (χ3n) is 4.00. The number of benzene rings is 1. The van der Waals surface area contributed by atoms with Crippen molar-refractivity contribution in [2.45, 2.75) is 32.2 Å². The van der Waals surface area contributed by atoms with Crippen LogP contribution in [0.2, 0.25) is 0 Å². The molecule has 2 rings (SSSR count). The first-order valence-corrected chi connectivity index (χ1v) is 7.43. The van der Waals surface area contributed by atoms with E-state index < -0.39 is 24.0 Å². The molecule has 1 aliphatic carbocycles. The molecule has 122 valence electrons. The van der Waals surface area contributed by atoms with E-state index in [-0.39, 0.29) is 5.92 Å². The fraction of sp³-hybridized carbons (Fsp3) is 0.471. The predicted octanol–water partition coefficient (Wildman–Crippen LogP) is 1.97. The summed E-state index contributed by atoms with van der Waals surface area (Å²) in [4.78, 5) is 23.9. The van der Waals surface area contributed by atoms with Crippen LogP contribution >= 0.6 is 0 Å². The fourth-order valence-electron chi connectivity index (χ4n) is 2.37. The van der Waals surface area contributed by atoms with Gasteiger partial charge in [-0.2, -0.15) is 5.26 Å². The summed E-state index contributed by atoms with van der Waals surface area (Å²) < 4.78 is 10.2. The van der Waals surface area contributed by atoms with Crippen molar-refractivity contribution in [1.29, 1.82) is 5.26 Å². The van der Waals surface area contributed by atoms with Crippen LogP contribution in [0.3, 0.4) is 0 Å². The van der Waals surface area contributed by atoms with E-state index in [0.29, 0.717) is 11.3 Å². The molecule has 1 atom stereocenters. The van der Waals surface area contributed by atoms with E-state index in [1.807, 2.05) is 6.92 Å². The molecule has 0 heterocycles. The Kier molecular flexibility index (Phi) is 4.89. The van der Waals surface area contributed by atoms with Crippen LogP contribution in [0.5, 0.6) is 5.75 Å². The Morgan fingerprint density at radius 3 is 2.70 bits per heavy atom. The highest BCUT2D eigenvalue weighted by molar-refractivity contribution is 5.92. The van der Waals surface area contributed by atoms with Gasteiger partial charge >= 0.3 is 5.97 Å². The summed E-state index contributed by atoms with van der Waals surface area (Å²) in [6.07, 6.45) is 1.85. The van der Waals surface area contributed by atoms with Gasteiger partial charge in [0.05, 0.1) is 18.7 Å². The van der Waals surface area contributed by atoms with Crippen LogP contribution in [-0.2, 0) is 9.53 Å². The number of esters is 1. The van der Waals surface area contributed by atoms with Gasteiger partial charge in [0.25, 0.3) is 5.91 Å². The Morgan fingerprint density at radius 2 is 2.13 bits per heavy atom. The number of rotatable bonds is 6. The maximum Gasteiger partial charge on any atom is 0.338 e. The smallest absolute Gasteiger partial charge is 0.338 e. The summed E-state index contributed by atoms with van der Waals surface area (Å²) >= 11 is 0. The number of nitrogens with one attached hydrogen (secondary N) is 1. The van der Waals surface area contributed by atoms with Crippen LogP contribution in [0.4, 0.5) is 0 Å². The lowest BCUT2D eigenvalue weighted by Crippen LogP contribution is -2.48. The minimum atomic E-state index is -0.892. The van der Waals surface area contributed by atoms with Crippen LogP contribution < -0.4 is 10.1 Å². The van der Waals surface area contributed by atoms with Crippen LogP contribution in [0, 0.1) is 24.2 Å². The van der Waals surface area contributed by atoms with Crippen LogP contribution in [0.1, 0.15) is 35.7 Å². The highest BCUT2D eigenvalue weighted by Crippen LogP contribution is 2.39. The minimum absolute atomic E-state index is 0.175. The lowest BCUT2D eigenvalue weighted by molar-refractivity contribution is -0.125. The standard InChI is InChI=1S/C17H20N2O4/c1-11-4-5-12(8-14(11)22-3)16(21)23-9-15(20)19-17(2,10-18)13-6-7-13/h4-5,8,13H,6-7,9H2,1-3H3,(H,19,20)/t17-/m0/s1. The molecular formula is C17H20N2O4. The van der Waals surface area contributed by atoms with Gasteiger partial charge < -0.3 is 14.8 Å². The number of ether oxygens (including phenoxy) is 2. The Labute approximate surface area is 135 Å². The maximum absolute atomic E-state index is 12.0. The van der Waals surface area contributed by atoms with E-state index in [0.717, 1.165) is 18.4 Å². The molecule has 1 aromatic rings. The van der Waals surface area contributed by atoms with Gasteiger partial charge in [0.2, 0.25) is 0 Å². The van der Waals surface area contributed by atoms with Gasteiger partial charge in [0.1, 0.15) is 11.3 Å². The third-order valence-corrected chi connectivity index (χ3v) is 4.00. The van der Waals surface area contributed by atoms with E-state index in [9.17, 15) is 14.9 Å². The van der Waals surface area contributed by atoms with E-state index >= 15 is 0 Å². The molecule has 0 unspecified atom stereocenters. The molecule has 0 spiro atoms. The number of nitriles is 1. The zero-order valence-corrected chi connectivity index (χ0v) is 13.5. The molecule has 1 saturated carbocycles. The molecule has 1 aliphatic rings. The van der Waals surface area contributed by atoms with Gasteiger partial charge in [-0.15, -0.1) is 0 Å². The number of amides is 1. The molecule has 6 nitrogen and oxygen atoms in total. The summed E-state index contributed by atoms with van der Waals surface area (Å²) in [6.45, 7) is 3.14. The molecule has 0 saturated heterocycles. The Balaban J connectivity index is 1.91. The van der Waals surface area contributed by atoms with E-state index in [1.54, 1.807) is 25.1 Å². The van der Waals surface area contributed by atoms with Gasteiger partial charge in [0, 0.05) is 0 Å². The van der Waals surface area contributed by atoms with Crippen molar-refractivity contribution in [2.75, 3.05) is 13.7 Å². The number of nitrogens with zero attached hydrogens (tertiary/aromatic N) is 1. The molecule has 0 aliphatic heterocycles. The molecular weight excluding hydrogens is 296 g/mol. The first kappa shape index (κ1) is 16.8. The van der Waals surface area contributed by atoms with Gasteiger partial charge in [0.15, 0.2) is 6.61 Å². The van der Waals surface area contributed by atoms with Crippen molar-refractivity contribution in [3.63, 3.8) is 0 Å². The van der Waals surface area contributed by atoms with Crippen molar-refractivity contribution >= 4 is 11.9 Å². The molecule has 0 radical (unpaired) electrons. The zero-order valence-electron chi connectivity index (χ0n) is 13.5. The molecule has 1 N–H and O–H groups in total. The molecule has 23 heavy (non-hydrogen) atoms. The number of carbonyl (C=O) groups is 2. The number of hydrogen-bond donors (Lipinski definition) is 1. The first-order valence-electron chi connectivity index (χ1n) is 7.43. The zero-order chi connectivity index (χ0) is 17.0. The molecule has 0 aromatic heterocycles. The second-order valence-electron chi connectivity index (χ2n) is 5.90. The number of aryl methyl sites for hydroxylation is 1. The second-order valence-corrected chi connectivity index (χ2v) is 5.90. The van der Waals surface area contributed by atoms with Crippen LogP contribution in [-0.4, -0.2) is 31.1 Å². The average Bonchev–Trinajstić information content (AvgIpc) is 3.38. The quantitative estimate of drug-likeness (QED) is 0.811. The lowest BCUT2D eigenvalue weighted by atomic mass is 9.98. The lowest BCUT2D eigenvalue weighted by Gasteiger charge is -2.22. The molecule has 1 fully saturated rings. The van der Waals surface area contributed by atoms with E-state index in [1.165, 1.54) is 7.11 Å². The second kappa shape index (κ2) is 6.69. The van der Waals surface area contributed by atoms with Crippen molar-refractivity contribution in [1.82, 2.24) is 5.32 Å². The van der Waals surface area contributed by atoms with Crippen molar-refractivity contribution in [2.24, 2.45) is 5.92 Å². The Hall–Kier alpha value is -2.55. The first-order chi connectivity index (χ1) is 10.9. The van der Waals surface area contributed by atoms with Crippen LogP contribution in [0.25, 0.3) is 0 Å². The maximum atomic E-state index is 12.0. The summed E-state index contributed by atoms with van der Waals surface area (Å²) in [5.74, 6) is -0.333. The average molecular weight is 316 g/mol. The monoisotopic (exact) mass is 316 g/mol. The molecule has 1 amide bonds. The summed E-state index contributed by atoms with van der Waals surface area (Å²) in [5.41, 5.74) is 0.317. The summed E-state index contributed by atoms with van der Waals surface area (Å²) in [6, 6.07) is 7.05. The highest BCUT2D eigenvalue weighted by Gasteiger charge is 2.43. The third kappa shape index (κ3) is 4.01. The Bertz CT molecular complexity index is 661. The van der Waals surface area contributed by atoms with Crippen molar-refractivity contribution in [3.05, 3.63) is 29.3 Å². The summed E-state index contributed by atoms with van der Waals surface area (Å²) in [5, 5.41) is 11.8. The predicted molar refractivity (Wildman–Crippen MR) is 82.9 cm³/mol. The summed E-state index contributed by atoms with van der Waals surface area (Å²) in [7, 11) is 1.52. The largest absolute Gasteiger partial charge is 0.496 e. The van der Waals surface area contributed by atoms with Crippen LogP contribution in [0.15, 0.2) is 18.2 Å². The van der Waals surface area contributed by atoms with Gasteiger partial charge in [-0.05, 0) is 50.3 Å². The number of hydrogen-bond acceptors (Lipinski definition) is 5. The van der Waals surface area contributed by atoms with Gasteiger partial charge in [-0.1, -0.05) is 6.07 Å². The van der Waals surface area contributed by atoms with Crippen molar-refractivity contribution in [3.8, 4) is 11.8 Å².